The van der Waals surface area contributed by atoms with E-state index in [-0.39, 0.29) is 11.8 Å². The molecule has 0 aromatic heterocycles. The Labute approximate surface area is 153 Å². The number of hydrogen-bond donors (Lipinski definition) is 2. The molecule has 0 radical (unpaired) electrons. The second-order valence-corrected chi connectivity index (χ2v) is 6.11. The average molecular weight is 353 g/mol. The lowest BCUT2D eigenvalue weighted by Gasteiger charge is -2.26. The van der Waals surface area contributed by atoms with Crippen molar-refractivity contribution in [2.24, 2.45) is 0 Å². The number of ether oxygens (including phenoxy) is 1. The fraction of sp³-hybridized carbons (Fsp3) is 0.300. The number of rotatable bonds is 6. The maximum Gasteiger partial charge on any atom is 0.255 e. The molecule has 1 aliphatic rings. The molecule has 0 aliphatic carbocycles. The topological polar surface area (TPSA) is 70.7 Å². The molecule has 2 aromatic rings. The van der Waals surface area contributed by atoms with E-state index in [4.69, 9.17) is 4.74 Å². The third-order valence-electron chi connectivity index (χ3n) is 4.24. The molecule has 1 aliphatic heterocycles. The van der Waals surface area contributed by atoms with Gasteiger partial charge in [0.2, 0.25) is 0 Å². The van der Waals surface area contributed by atoms with Crippen molar-refractivity contribution in [2.75, 3.05) is 44.7 Å². The van der Waals surface area contributed by atoms with E-state index in [0.717, 1.165) is 32.8 Å². The van der Waals surface area contributed by atoms with Crippen molar-refractivity contribution in [1.29, 1.82) is 0 Å². The number of amides is 2. The van der Waals surface area contributed by atoms with Gasteiger partial charge in [-0.15, -0.1) is 0 Å². The monoisotopic (exact) mass is 353 g/mol. The Kier molecular flexibility index (Phi) is 6.35. The van der Waals surface area contributed by atoms with Gasteiger partial charge in [-0.05, 0) is 30.3 Å². The van der Waals surface area contributed by atoms with Crippen LogP contribution in [0.3, 0.4) is 0 Å². The highest BCUT2D eigenvalue weighted by Crippen LogP contribution is 2.12. The zero-order valence-corrected chi connectivity index (χ0v) is 14.6. The van der Waals surface area contributed by atoms with Gasteiger partial charge in [-0.2, -0.15) is 0 Å². The lowest BCUT2D eigenvalue weighted by Crippen LogP contribution is -2.41. The number of carbonyl (C=O) groups excluding carboxylic acids is 2. The summed E-state index contributed by atoms with van der Waals surface area (Å²) >= 11 is 0. The predicted molar refractivity (Wildman–Crippen MR) is 100 cm³/mol. The Morgan fingerprint density at radius 3 is 2.42 bits per heavy atom. The molecular formula is C20H23N3O3. The van der Waals surface area contributed by atoms with E-state index in [1.807, 2.05) is 18.2 Å². The summed E-state index contributed by atoms with van der Waals surface area (Å²) in [5, 5.41) is 5.74. The quantitative estimate of drug-likeness (QED) is 0.833. The number of hydrogen-bond acceptors (Lipinski definition) is 4. The Morgan fingerprint density at radius 2 is 1.65 bits per heavy atom. The highest BCUT2D eigenvalue weighted by atomic mass is 16.5. The SMILES string of the molecule is O=C(NCCN1CCOCC1)c1cccc(NC(=O)c2ccccc2)c1. The molecule has 0 saturated carbocycles. The van der Waals surface area contributed by atoms with Gasteiger partial charge in [-0.3, -0.25) is 14.5 Å². The van der Waals surface area contributed by atoms with Gasteiger partial charge in [0.25, 0.3) is 11.8 Å². The van der Waals surface area contributed by atoms with E-state index in [1.54, 1.807) is 36.4 Å². The van der Waals surface area contributed by atoms with Crippen LogP contribution in [-0.4, -0.2) is 56.1 Å². The van der Waals surface area contributed by atoms with Crippen LogP contribution in [0.25, 0.3) is 0 Å². The van der Waals surface area contributed by atoms with Gasteiger partial charge in [0.1, 0.15) is 0 Å². The fourth-order valence-corrected chi connectivity index (χ4v) is 2.79. The molecule has 1 saturated heterocycles. The molecule has 0 spiro atoms. The molecule has 2 aromatic carbocycles. The van der Waals surface area contributed by atoms with Crippen molar-refractivity contribution >= 4 is 17.5 Å². The van der Waals surface area contributed by atoms with Crippen LogP contribution in [-0.2, 0) is 4.74 Å². The maximum absolute atomic E-state index is 12.3. The van der Waals surface area contributed by atoms with Gasteiger partial charge < -0.3 is 15.4 Å². The minimum absolute atomic E-state index is 0.144. The van der Waals surface area contributed by atoms with Crippen LogP contribution in [0.2, 0.25) is 0 Å². The number of carbonyl (C=O) groups is 2. The standard InChI is InChI=1S/C20H23N3O3/c24-19(21-9-10-23-11-13-26-14-12-23)17-7-4-8-18(15-17)22-20(25)16-5-2-1-3-6-16/h1-8,15H,9-14H2,(H,21,24)(H,22,25). The summed E-state index contributed by atoms with van der Waals surface area (Å²) in [4.78, 5) is 26.8. The van der Waals surface area contributed by atoms with E-state index in [0.29, 0.717) is 23.4 Å². The number of nitrogens with one attached hydrogen (secondary N) is 2. The first-order valence-corrected chi connectivity index (χ1v) is 8.77. The Morgan fingerprint density at radius 1 is 0.923 bits per heavy atom. The zero-order chi connectivity index (χ0) is 18.2. The third-order valence-corrected chi connectivity index (χ3v) is 4.24. The molecule has 26 heavy (non-hydrogen) atoms. The number of morpholine rings is 1. The van der Waals surface area contributed by atoms with Crippen LogP contribution in [0, 0.1) is 0 Å². The molecule has 1 heterocycles. The summed E-state index contributed by atoms with van der Waals surface area (Å²) in [5.74, 6) is -0.343. The molecule has 0 unspecified atom stereocenters. The number of anilines is 1. The summed E-state index contributed by atoms with van der Waals surface area (Å²) in [5.41, 5.74) is 1.70. The summed E-state index contributed by atoms with van der Waals surface area (Å²) in [6, 6.07) is 15.9. The molecular weight excluding hydrogens is 330 g/mol. The molecule has 1 fully saturated rings. The normalized spacial score (nSPS) is 14.6. The average Bonchev–Trinajstić information content (AvgIpc) is 2.69. The van der Waals surface area contributed by atoms with Crippen molar-refractivity contribution in [3.63, 3.8) is 0 Å². The smallest absolute Gasteiger partial charge is 0.255 e. The lowest BCUT2D eigenvalue weighted by atomic mass is 10.1. The molecule has 3 rings (SSSR count). The molecule has 0 atom stereocenters. The second kappa shape index (κ2) is 9.12. The van der Waals surface area contributed by atoms with Crippen LogP contribution in [0.15, 0.2) is 54.6 Å². The van der Waals surface area contributed by atoms with E-state index in [9.17, 15) is 9.59 Å². The Hall–Kier alpha value is -2.70. The van der Waals surface area contributed by atoms with E-state index < -0.39 is 0 Å². The van der Waals surface area contributed by atoms with E-state index >= 15 is 0 Å². The summed E-state index contributed by atoms with van der Waals surface area (Å²) in [6.45, 7) is 4.68. The molecule has 136 valence electrons. The first kappa shape index (κ1) is 18.1. The second-order valence-electron chi connectivity index (χ2n) is 6.11. The highest BCUT2D eigenvalue weighted by molar-refractivity contribution is 6.05. The van der Waals surface area contributed by atoms with E-state index in [1.165, 1.54) is 0 Å². The fourth-order valence-electron chi connectivity index (χ4n) is 2.79. The summed E-state index contributed by atoms with van der Waals surface area (Å²) < 4.78 is 5.31. The first-order valence-electron chi connectivity index (χ1n) is 8.77. The van der Waals surface area contributed by atoms with Crippen LogP contribution >= 0.6 is 0 Å². The van der Waals surface area contributed by atoms with Crippen LogP contribution < -0.4 is 10.6 Å². The van der Waals surface area contributed by atoms with Gasteiger partial charge >= 0.3 is 0 Å². The van der Waals surface area contributed by atoms with Gasteiger partial charge in [-0.25, -0.2) is 0 Å². The van der Waals surface area contributed by atoms with E-state index in [2.05, 4.69) is 15.5 Å². The van der Waals surface area contributed by atoms with Crippen molar-refractivity contribution in [3.8, 4) is 0 Å². The Bertz CT molecular complexity index is 743. The molecule has 6 nitrogen and oxygen atoms in total. The zero-order valence-electron chi connectivity index (χ0n) is 14.6. The van der Waals surface area contributed by atoms with Crippen LogP contribution in [0.4, 0.5) is 5.69 Å². The van der Waals surface area contributed by atoms with Crippen molar-refractivity contribution in [2.45, 2.75) is 0 Å². The van der Waals surface area contributed by atoms with Gasteiger partial charge in [0.15, 0.2) is 0 Å². The van der Waals surface area contributed by atoms with Crippen LogP contribution in [0.1, 0.15) is 20.7 Å². The van der Waals surface area contributed by atoms with Crippen LogP contribution in [0.5, 0.6) is 0 Å². The third kappa shape index (κ3) is 5.15. The summed E-state index contributed by atoms with van der Waals surface area (Å²) in [7, 11) is 0. The molecule has 0 bridgehead atoms. The largest absolute Gasteiger partial charge is 0.379 e. The number of nitrogens with zero attached hydrogens (tertiary/aromatic N) is 1. The van der Waals surface area contributed by atoms with Crippen molar-refractivity contribution in [3.05, 3.63) is 65.7 Å². The molecule has 6 heteroatoms. The maximum atomic E-state index is 12.3. The predicted octanol–water partition coefficient (Wildman–Crippen LogP) is 2.00. The first-order chi connectivity index (χ1) is 12.7. The highest BCUT2D eigenvalue weighted by Gasteiger charge is 2.12. The van der Waals surface area contributed by atoms with Crippen molar-refractivity contribution < 1.29 is 14.3 Å². The van der Waals surface area contributed by atoms with Gasteiger partial charge in [-0.1, -0.05) is 24.3 Å². The Balaban J connectivity index is 1.52. The molecule has 2 amide bonds. The van der Waals surface area contributed by atoms with Gasteiger partial charge in [0, 0.05) is 43.0 Å². The minimum atomic E-state index is -0.199. The minimum Gasteiger partial charge on any atom is -0.379 e. The lowest BCUT2D eigenvalue weighted by molar-refractivity contribution is 0.0383. The molecule has 2 N–H and O–H groups in total. The van der Waals surface area contributed by atoms with Crippen molar-refractivity contribution in [1.82, 2.24) is 10.2 Å². The number of benzene rings is 2. The summed E-state index contributed by atoms with van der Waals surface area (Å²) in [6.07, 6.45) is 0. The van der Waals surface area contributed by atoms with Gasteiger partial charge in [0.05, 0.1) is 13.2 Å².